The van der Waals surface area contributed by atoms with Crippen molar-refractivity contribution in [2.75, 3.05) is 0 Å². The van der Waals surface area contributed by atoms with Crippen molar-refractivity contribution in [1.82, 2.24) is 14.7 Å². The Morgan fingerprint density at radius 1 is 1.37 bits per heavy atom. The number of amides is 1. The molecule has 2 aromatic rings. The lowest BCUT2D eigenvalue weighted by molar-refractivity contribution is -0.138. The fourth-order valence-corrected chi connectivity index (χ4v) is 1.87. The molecular formula is C13H15N3O3. The first-order valence-corrected chi connectivity index (χ1v) is 5.89. The Morgan fingerprint density at radius 3 is 2.68 bits per heavy atom. The van der Waals surface area contributed by atoms with Crippen molar-refractivity contribution in [2.24, 2.45) is 0 Å². The Morgan fingerprint density at radius 2 is 2.05 bits per heavy atom. The fourth-order valence-electron chi connectivity index (χ4n) is 1.87. The van der Waals surface area contributed by atoms with E-state index in [1.165, 1.54) is 6.92 Å². The van der Waals surface area contributed by atoms with Gasteiger partial charge in [0.1, 0.15) is 17.4 Å². The molecule has 0 aliphatic heterocycles. The van der Waals surface area contributed by atoms with E-state index in [1.54, 1.807) is 17.5 Å². The summed E-state index contributed by atoms with van der Waals surface area (Å²) in [5.41, 5.74) is 2.59. The van der Waals surface area contributed by atoms with Gasteiger partial charge in [0.15, 0.2) is 0 Å². The third-order valence-corrected chi connectivity index (χ3v) is 2.87. The first-order chi connectivity index (χ1) is 8.90. The minimum absolute atomic E-state index is 0.367. The lowest BCUT2D eigenvalue weighted by Gasteiger charge is -2.09. The van der Waals surface area contributed by atoms with Crippen LogP contribution in [0.25, 0.3) is 5.65 Å². The molecule has 0 saturated carbocycles. The van der Waals surface area contributed by atoms with E-state index >= 15 is 0 Å². The molecule has 0 spiro atoms. The van der Waals surface area contributed by atoms with Gasteiger partial charge in [-0.2, -0.15) is 0 Å². The zero-order valence-corrected chi connectivity index (χ0v) is 11.0. The first-order valence-electron chi connectivity index (χ1n) is 5.89. The van der Waals surface area contributed by atoms with Crippen molar-refractivity contribution in [3.63, 3.8) is 0 Å². The molecule has 6 heteroatoms. The summed E-state index contributed by atoms with van der Waals surface area (Å²) < 4.78 is 1.68. The minimum atomic E-state index is -1.07. The number of carboxylic acids is 1. The zero-order valence-electron chi connectivity index (χ0n) is 11.0. The molecule has 2 N–H and O–H groups in total. The number of nitrogens with one attached hydrogen (secondary N) is 1. The molecule has 2 rings (SSSR count). The summed E-state index contributed by atoms with van der Waals surface area (Å²) in [5, 5.41) is 11.3. The largest absolute Gasteiger partial charge is 0.480 e. The molecule has 2 aromatic heterocycles. The number of aliphatic carboxylic acids is 1. The number of carbonyl (C=O) groups is 2. The van der Waals surface area contributed by atoms with Gasteiger partial charge in [-0.25, -0.2) is 4.98 Å². The van der Waals surface area contributed by atoms with Crippen molar-refractivity contribution in [1.29, 1.82) is 0 Å². The Kier molecular flexibility index (Phi) is 3.25. The van der Waals surface area contributed by atoms with Crippen molar-refractivity contribution in [3.05, 3.63) is 35.3 Å². The number of rotatable bonds is 3. The summed E-state index contributed by atoms with van der Waals surface area (Å²) in [6, 6.07) is 2.78. The van der Waals surface area contributed by atoms with Gasteiger partial charge in [0.05, 0.1) is 5.69 Å². The van der Waals surface area contributed by atoms with E-state index in [2.05, 4.69) is 10.3 Å². The number of aromatic nitrogens is 2. The van der Waals surface area contributed by atoms with Gasteiger partial charge in [0.25, 0.3) is 5.91 Å². The summed E-state index contributed by atoms with van der Waals surface area (Å²) in [5.74, 6) is -1.51. The standard InChI is InChI=1S/C13H15N3O3/c1-7-4-5-10-14-8(2)11(16(10)6-7)12(17)15-9(3)13(18)19/h4-6,9H,1-3H3,(H,15,17)(H,18,19). The average molecular weight is 261 g/mol. The summed E-state index contributed by atoms with van der Waals surface area (Å²) in [6.45, 7) is 5.06. The number of pyridine rings is 1. The highest BCUT2D eigenvalue weighted by Crippen LogP contribution is 2.13. The molecule has 2 heterocycles. The highest BCUT2D eigenvalue weighted by Gasteiger charge is 2.20. The maximum atomic E-state index is 12.1. The Hall–Kier alpha value is -2.37. The smallest absolute Gasteiger partial charge is 0.325 e. The maximum absolute atomic E-state index is 12.1. The molecule has 6 nitrogen and oxygen atoms in total. The molecule has 0 aromatic carbocycles. The van der Waals surface area contributed by atoms with Crippen LogP contribution in [0.5, 0.6) is 0 Å². The molecular weight excluding hydrogens is 246 g/mol. The second-order valence-corrected chi connectivity index (χ2v) is 4.51. The van der Waals surface area contributed by atoms with E-state index < -0.39 is 17.9 Å². The van der Waals surface area contributed by atoms with Crippen LogP contribution in [0.1, 0.15) is 28.7 Å². The van der Waals surface area contributed by atoms with Crippen LogP contribution in [0, 0.1) is 13.8 Å². The van der Waals surface area contributed by atoms with Gasteiger partial charge < -0.3 is 10.4 Å². The van der Waals surface area contributed by atoms with E-state index in [1.807, 2.05) is 19.1 Å². The third-order valence-electron chi connectivity index (χ3n) is 2.87. The zero-order chi connectivity index (χ0) is 14.2. The van der Waals surface area contributed by atoms with Gasteiger partial charge >= 0.3 is 5.97 Å². The lowest BCUT2D eigenvalue weighted by Crippen LogP contribution is -2.39. The molecule has 0 saturated heterocycles. The van der Waals surface area contributed by atoms with Gasteiger partial charge in [-0.1, -0.05) is 6.07 Å². The number of imidazole rings is 1. The Labute approximate surface area is 110 Å². The van der Waals surface area contributed by atoms with Crippen LogP contribution in [-0.4, -0.2) is 32.4 Å². The van der Waals surface area contributed by atoms with E-state index in [0.29, 0.717) is 17.0 Å². The monoisotopic (exact) mass is 261 g/mol. The molecule has 0 radical (unpaired) electrons. The van der Waals surface area contributed by atoms with Crippen molar-refractivity contribution >= 4 is 17.5 Å². The van der Waals surface area contributed by atoms with Crippen LogP contribution < -0.4 is 5.32 Å². The topological polar surface area (TPSA) is 83.7 Å². The van der Waals surface area contributed by atoms with Crippen LogP contribution in [0.4, 0.5) is 0 Å². The molecule has 0 aliphatic rings. The van der Waals surface area contributed by atoms with Gasteiger partial charge in [-0.3, -0.25) is 14.0 Å². The quantitative estimate of drug-likeness (QED) is 0.868. The Balaban J connectivity index is 2.44. The average Bonchev–Trinajstić information content (AvgIpc) is 2.64. The number of fused-ring (bicyclic) bond motifs is 1. The normalized spacial score (nSPS) is 12.4. The number of carboxylic acid groups (broad SMARTS) is 1. The lowest BCUT2D eigenvalue weighted by atomic mass is 10.2. The second-order valence-electron chi connectivity index (χ2n) is 4.51. The molecule has 0 bridgehead atoms. The number of hydrogen-bond acceptors (Lipinski definition) is 3. The number of aryl methyl sites for hydroxylation is 2. The van der Waals surface area contributed by atoms with Gasteiger partial charge in [0.2, 0.25) is 0 Å². The molecule has 1 unspecified atom stereocenters. The second kappa shape index (κ2) is 4.72. The summed E-state index contributed by atoms with van der Waals surface area (Å²) in [6.07, 6.45) is 1.80. The SMILES string of the molecule is Cc1ccc2nc(C)c(C(=O)NC(C)C(=O)O)n2c1. The van der Waals surface area contributed by atoms with Crippen LogP contribution in [0.3, 0.4) is 0 Å². The minimum Gasteiger partial charge on any atom is -0.480 e. The van der Waals surface area contributed by atoms with Crippen LogP contribution in [-0.2, 0) is 4.79 Å². The number of nitrogens with zero attached hydrogens (tertiary/aromatic N) is 2. The summed E-state index contributed by atoms with van der Waals surface area (Å²) in [7, 11) is 0. The van der Waals surface area contributed by atoms with Crippen molar-refractivity contribution in [3.8, 4) is 0 Å². The van der Waals surface area contributed by atoms with Gasteiger partial charge in [-0.05, 0) is 32.4 Å². The van der Waals surface area contributed by atoms with Crippen molar-refractivity contribution < 1.29 is 14.7 Å². The summed E-state index contributed by atoms with van der Waals surface area (Å²) in [4.78, 5) is 27.2. The van der Waals surface area contributed by atoms with E-state index in [-0.39, 0.29) is 0 Å². The molecule has 100 valence electrons. The Bertz CT molecular complexity index is 660. The highest BCUT2D eigenvalue weighted by molar-refractivity contribution is 5.96. The third kappa shape index (κ3) is 2.42. The van der Waals surface area contributed by atoms with Gasteiger partial charge in [-0.15, -0.1) is 0 Å². The molecule has 0 fully saturated rings. The van der Waals surface area contributed by atoms with E-state index in [0.717, 1.165) is 5.56 Å². The molecule has 1 amide bonds. The van der Waals surface area contributed by atoms with Crippen molar-refractivity contribution in [2.45, 2.75) is 26.8 Å². The molecule has 1 atom stereocenters. The fraction of sp³-hybridized carbons (Fsp3) is 0.308. The highest BCUT2D eigenvalue weighted by atomic mass is 16.4. The molecule has 19 heavy (non-hydrogen) atoms. The van der Waals surface area contributed by atoms with Crippen LogP contribution >= 0.6 is 0 Å². The first kappa shape index (κ1) is 13.1. The number of hydrogen-bond donors (Lipinski definition) is 2. The van der Waals surface area contributed by atoms with Crippen LogP contribution in [0.15, 0.2) is 18.3 Å². The molecule has 0 aliphatic carbocycles. The number of carbonyl (C=O) groups excluding carboxylic acids is 1. The van der Waals surface area contributed by atoms with E-state index in [4.69, 9.17) is 5.11 Å². The van der Waals surface area contributed by atoms with Crippen LogP contribution in [0.2, 0.25) is 0 Å². The van der Waals surface area contributed by atoms with E-state index in [9.17, 15) is 9.59 Å². The predicted octanol–water partition coefficient (Wildman–Crippen LogP) is 1.15. The van der Waals surface area contributed by atoms with Gasteiger partial charge in [0, 0.05) is 6.20 Å². The maximum Gasteiger partial charge on any atom is 0.325 e. The predicted molar refractivity (Wildman–Crippen MR) is 69.2 cm³/mol. The summed E-state index contributed by atoms with van der Waals surface area (Å²) >= 11 is 0.